The van der Waals surface area contributed by atoms with E-state index in [2.05, 4.69) is 10.3 Å². The molecule has 2 atom stereocenters. The van der Waals surface area contributed by atoms with Crippen molar-refractivity contribution < 1.29 is 23.9 Å². The summed E-state index contributed by atoms with van der Waals surface area (Å²) in [5.41, 5.74) is 0.773. The van der Waals surface area contributed by atoms with Gasteiger partial charge in [0.15, 0.2) is 5.82 Å². The van der Waals surface area contributed by atoms with Gasteiger partial charge in [0.2, 0.25) is 6.10 Å². The smallest absolute Gasteiger partial charge is 0.321 e. The predicted molar refractivity (Wildman–Crippen MR) is 195 cm³/mol. The van der Waals surface area contributed by atoms with E-state index in [4.69, 9.17) is 49.0 Å². The maximum atomic E-state index is 13.3. The van der Waals surface area contributed by atoms with Crippen molar-refractivity contribution in [1.29, 1.82) is 5.26 Å². The number of nitriles is 1. The highest BCUT2D eigenvalue weighted by atomic mass is 35.5. The standard InChI is InChI=1S/C26H21Cl2NO4.C11H15ClN4O2/c1-2-31-20-13-11-19(12-14-20)25(17-26(25,27)28)24(30)33-23(16-29)18-7-6-10-22(15-18)32-21-8-4-3-5-9-21;1-3-15(11(13-2)8-16(17)18)7-9-4-5-10(12)14-6-9/h3-15,23H,2,17H2,1H3;4-6,8,13H,3,7H2,1-2H3/b;11-8+. The summed E-state index contributed by atoms with van der Waals surface area (Å²) in [7, 11) is 1.65. The van der Waals surface area contributed by atoms with Gasteiger partial charge in [-0.2, -0.15) is 5.26 Å². The van der Waals surface area contributed by atoms with E-state index in [1.54, 1.807) is 67.8 Å². The zero-order valence-electron chi connectivity index (χ0n) is 28.1. The van der Waals surface area contributed by atoms with Crippen molar-refractivity contribution in [3.8, 4) is 23.3 Å². The second-order valence-electron chi connectivity index (χ2n) is 11.2. The summed E-state index contributed by atoms with van der Waals surface area (Å²) in [6, 6.07) is 28.7. The van der Waals surface area contributed by atoms with Gasteiger partial charge in [0, 0.05) is 38.3 Å². The third kappa shape index (κ3) is 10.0. The molecule has 3 aromatic carbocycles. The van der Waals surface area contributed by atoms with Gasteiger partial charge in [-0.15, -0.1) is 0 Å². The fourth-order valence-corrected chi connectivity index (χ4v) is 6.06. The van der Waals surface area contributed by atoms with Crippen molar-refractivity contribution in [3.63, 3.8) is 0 Å². The average Bonchev–Trinajstić information content (AvgIpc) is 3.73. The molecule has 0 saturated heterocycles. The largest absolute Gasteiger partial charge is 0.494 e. The second kappa shape index (κ2) is 17.8. The van der Waals surface area contributed by atoms with Gasteiger partial charge in [0.05, 0.1) is 11.5 Å². The number of nitrogens with one attached hydrogen (secondary N) is 1. The molecule has 0 amide bonds. The number of carbonyl (C=O) groups excluding carboxylic acids is 1. The van der Waals surface area contributed by atoms with E-state index in [0.29, 0.717) is 59.0 Å². The van der Waals surface area contributed by atoms with Crippen molar-refractivity contribution >= 4 is 40.8 Å². The number of esters is 1. The van der Waals surface area contributed by atoms with E-state index in [9.17, 15) is 20.2 Å². The molecule has 1 aliphatic carbocycles. The zero-order valence-corrected chi connectivity index (χ0v) is 30.4. The molecule has 1 fully saturated rings. The van der Waals surface area contributed by atoms with Crippen LogP contribution in [0.25, 0.3) is 0 Å². The highest BCUT2D eigenvalue weighted by Crippen LogP contribution is 2.65. The second-order valence-corrected chi connectivity index (χ2v) is 13.1. The molecular weight excluding hydrogens is 717 g/mol. The molecule has 51 heavy (non-hydrogen) atoms. The number of alkyl halides is 2. The molecule has 266 valence electrons. The van der Waals surface area contributed by atoms with Gasteiger partial charge >= 0.3 is 5.97 Å². The molecule has 0 aliphatic heterocycles. The van der Waals surface area contributed by atoms with Gasteiger partial charge in [-0.3, -0.25) is 14.9 Å². The predicted octanol–water partition coefficient (Wildman–Crippen LogP) is 8.35. The number of para-hydroxylation sites is 1. The van der Waals surface area contributed by atoms with Gasteiger partial charge in [-0.25, -0.2) is 4.98 Å². The van der Waals surface area contributed by atoms with Crippen LogP contribution in [0.2, 0.25) is 5.15 Å². The monoisotopic (exact) mass is 751 g/mol. The van der Waals surface area contributed by atoms with Gasteiger partial charge in [0.25, 0.3) is 6.20 Å². The Morgan fingerprint density at radius 3 is 2.29 bits per heavy atom. The van der Waals surface area contributed by atoms with Crippen LogP contribution in [0.3, 0.4) is 0 Å². The minimum absolute atomic E-state index is 0.186. The van der Waals surface area contributed by atoms with Gasteiger partial charge in [-0.05, 0) is 67.4 Å². The van der Waals surface area contributed by atoms with Crippen LogP contribution in [-0.4, -0.2) is 45.3 Å². The summed E-state index contributed by atoms with van der Waals surface area (Å²) >= 11 is 18.5. The van der Waals surface area contributed by atoms with Crippen LogP contribution in [0.1, 0.15) is 43.1 Å². The van der Waals surface area contributed by atoms with Gasteiger partial charge in [-0.1, -0.05) is 83.3 Å². The molecule has 0 bridgehead atoms. The fourth-order valence-electron chi connectivity index (χ4n) is 5.18. The molecule has 14 heteroatoms. The van der Waals surface area contributed by atoms with Crippen molar-refractivity contribution in [2.24, 2.45) is 0 Å². The molecule has 4 aromatic rings. The van der Waals surface area contributed by atoms with Crippen molar-refractivity contribution in [3.05, 3.63) is 141 Å². The minimum Gasteiger partial charge on any atom is -0.494 e. The van der Waals surface area contributed by atoms with Crippen LogP contribution in [0, 0.1) is 21.4 Å². The SMILES string of the molecule is CCN(Cc1ccc(Cl)nc1)/C(=C/[N+](=O)[O-])NC.CCOc1ccc(C2(C(=O)OC(C#N)c3cccc(Oc4ccccc4)c3)CC2(Cl)Cl)cc1. The highest BCUT2D eigenvalue weighted by molar-refractivity contribution is 6.54. The first-order valence-electron chi connectivity index (χ1n) is 15.9. The molecule has 1 aliphatic rings. The van der Waals surface area contributed by atoms with Crippen LogP contribution >= 0.6 is 34.8 Å². The molecule has 5 rings (SSSR count). The Morgan fingerprint density at radius 2 is 1.75 bits per heavy atom. The van der Waals surface area contributed by atoms with Gasteiger partial charge in [0.1, 0.15) is 38.2 Å². The Balaban J connectivity index is 0.000000275. The number of rotatable bonds is 14. The lowest BCUT2D eigenvalue weighted by Crippen LogP contribution is -2.30. The quantitative estimate of drug-likeness (QED) is 0.0439. The first kappa shape index (κ1) is 38.8. The van der Waals surface area contributed by atoms with E-state index >= 15 is 0 Å². The number of nitro groups is 1. The van der Waals surface area contributed by atoms with E-state index in [-0.39, 0.29) is 6.42 Å². The normalized spacial score (nSPS) is 16.3. The maximum Gasteiger partial charge on any atom is 0.321 e. The molecule has 0 spiro atoms. The molecule has 1 N–H and O–H groups in total. The zero-order chi connectivity index (χ0) is 37.0. The number of nitrogens with zero attached hydrogens (tertiary/aromatic N) is 4. The highest BCUT2D eigenvalue weighted by Gasteiger charge is 2.73. The summed E-state index contributed by atoms with van der Waals surface area (Å²) in [5.74, 6) is 1.65. The summed E-state index contributed by atoms with van der Waals surface area (Å²) in [6.45, 7) is 5.51. The number of hydrogen-bond donors (Lipinski definition) is 1. The molecule has 2 unspecified atom stereocenters. The Bertz CT molecular complexity index is 1850. The van der Waals surface area contributed by atoms with Crippen LogP contribution in [-0.2, 0) is 21.5 Å². The number of halogens is 3. The van der Waals surface area contributed by atoms with Crippen LogP contribution < -0.4 is 14.8 Å². The average molecular weight is 753 g/mol. The molecule has 0 radical (unpaired) electrons. The third-order valence-electron chi connectivity index (χ3n) is 7.84. The Hall–Kier alpha value is -5.02. The number of ether oxygens (including phenoxy) is 3. The molecular formula is C37H36Cl3N5O6. The number of carbonyl (C=O) groups is 1. The summed E-state index contributed by atoms with van der Waals surface area (Å²) in [5, 5.41) is 23.5. The topological polar surface area (TPSA) is 140 Å². The van der Waals surface area contributed by atoms with Gasteiger partial charge < -0.3 is 24.4 Å². The Kier molecular flexibility index (Phi) is 13.5. The maximum absolute atomic E-state index is 13.3. The Morgan fingerprint density at radius 1 is 1.06 bits per heavy atom. The molecule has 1 aromatic heterocycles. The van der Waals surface area contributed by atoms with E-state index < -0.39 is 26.7 Å². The molecule has 11 nitrogen and oxygen atoms in total. The van der Waals surface area contributed by atoms with Crippen molar-refractivity contribution in [1.82, 2.24) is 15.2 Å². The summed E-state index contributed by atoms with van der Waals surface area (Å²) in [4.78, 5) is 29.1. The van der Waals surface area contributed by atoms with Crippen molar-refractivity contribution in [2.75, 3.05) is 20.2 Å². The Labute approximate surface area is 311 Å². The fraction of sp³-hybridized carbons (Fsp3) is 0.270. The summed E-state index contributed by atoms with van der Waals surface area (Å²) < 4.78 is 15.6. The van der Waals surface area contributed by atoms with E-state index in [0.717, 1.165) is 11.8 Å². The van der Waals surface area contributed by atoms with Crippen LogP contribution in [0.15, 0.2) is 109 Å². The third-order valence-corrected chi connectivity index (χ3v) is 8.98. The number of hydrogen-bond acceptors (Lipinski definition) is 10. The van der Waals surface area contributed by atoms with E-state index in [1.165, 1.54) is 0 Å². The summed E-state index contributed by atoms with van der Waals surface area (Å²) in [6.07, 6.45) is 1.64. The molecule has 1 saturated carbocycles. The number of aromatic nitrogens is 1. The molecule has 1 heterocycles. The number of pyridine rings is 1. The van der Waals surface area contributed by atoms with E-state index in [1.807, 2.05) is 61.2 Å². The lowest BCUT2D eigenvalue weighted by Gasteiger charge is -2.23. The first-order chi connectivity index (χ1) is 24.5. The van der Waals surface area contributed by atoms with Crippen LogP contribution in [0.4, 0.5) is 0 Å². The first-order valence-corrected chi connectivity index (χ1v) is 17.0. The van der Waals surface area contributed by atoms with Crippen LogP contribution in [0.5, 0.6) is 17.2 Å². The van der Waals surface area contributed by atoms with Crippen molar-refractivity contribution in [2.45, 2.75) is 42.7 Å². The minimum atomic E-state index is -1.32. The lowest BCUT2D eigenvalue weighted by atomic mass is 9.95. The number of benzene rings is 3. The lowest BCUT2D eigenvalue weighted by molar-refractivity contribution is -0.404.